The summed E-state index contributed by atoms with van der Waals surface area (Å²) in [6, 6.07) is 0. The normalized spacial score (nSPS) is 22.8. The molecule has 0 N–H and O–H groups in total. The Morgan fingerprint density at radius 2 is 1.92 bits per heavy atom. The molecule has 2 heteroatoms. The minimum Gasteiger partial charge on any atom is -0.353 e. The van der Waals surface area contributed by atoms with Gasteiger partial charge in [-0.3, -0.25) is 0 Å². The lowest BCUT2D eigenvalue weighted by atomic mass is 10.2. The SMILES string of the molecule is CCC.CCOC1CCCCO1. The quantitative estimate of drug-likeness (QED) is 0.640. The lowest BCUT2D eigenvalue weighted by Crippen LogP contribution is -2.21. The zero-order valence-corrected chi connectivity index (χ0v) is 8.64. The maximum absolute atomic E-state index is 5.30. The zero-order valence-electron chi connectivity index (χ0n) is 8.64. The molecule has 1 atom stereocenters. The van der Waals surface area contributed by atoms with Crippen molar-refractivity contribution >= 4 is 0 Å². The van der Waals surface area contributed by atoms with Crippen molar-refractivity contribution in [3.05, 3.63) is 0 Å². The first-order valence-corrected chi connectivity index (χ1v) is 5.08. The van der Waals surface area contributed by atoms with E-state index in [2.05, 4.69) is 13.8 Å². The Morgan fingerprint density at radius 1 is 1.25 bits per heavy atom. The first-order valence-electron chi connectivity index (χ1n) is 5.08. The van der Waals surface area contributed by atoms with Crippen molar-refractivity contribution in [1.82, 2.24) is 0 Å². The van der Waals surface area contributed by atoms with Gasteiger partial charge >= 0.3 is 0 Å². The molecule has 0 aliphatic carbocycles. The number of rotatable bonds is 2. The molecule has 1 rings (SSSR count). The topological polar surface area (TPSA) is 18.5 Å². The number of hydrogen-bond acceptors (Lipinski definition) is 2. The third-order valence-electron chi connectivity index (χ3n) is 1.49. The third kappa shape index (κ3) is 6.62. The van der Waals surface area contributed by atoms with Crippen LogP contribution in [0.25, 0.3) is 0 Å². The van der Waals surface area contributed by atoms with Crippen molar-refractivity contribution in [3.63, 3.8) is 0 Å². The molecule has 0 saturated carbocycles. The number of hydrogen-bond donors (Lipinski definition) is 0. The highest BCUT2D eigenvalue weighted by Crippen LogP contribution is 2.12. The smallest absolute Gasteiger partial charge is 0.157 e. The highest BCUT2D eigenvalue weighted by molar-refractivity contribution is 4.52. The Bertz CT molecular complexity index is 75.2. The van der Waals surface area contributed by atoms with E-state index < -0.39 is 0 Å². The lowest BCUT2D eigenvalue weighted by Gasteiger charge is -2.21. The summed E-state index contributed by atoms with van der Waals surface area (Å²) in [5, 5.41) is 0. The Balaban J connectivity index is 0.000000354. The summed E-state index contributed by atoms with van der Waals surface area (Å²) < 4.78 is 10.6. The molecule has 1 heterocycles. The predicted octanol–water partition coefficient (Wildman–Crippen LogP) is 2.97. The van der Waals surface area contributed by atoms with Gasteiger partial charge in [0.25, 0.3) is 0 Å². The molecule has 2 nitrogen and oxygen atoms in total. The average molecular weight is 174 g/mol. The molecule has 0 spiro atoms. The second-order valence-corrected chi connectivity index (χ2v) is 2.96. The van der Waals surface area contributed by atoms with E-state index in [1.165, 1.54) is 19.3 Å². The summed E-state index contributed by atoms with van der Waals surface area (Å²) in [6.45, 7) is 7.90. The van der Waals surface area contributed by atoms with Gasteiger partial charge in [0, 0.05) is 13.2 Å². The largest absolute Gasteiger partial charge is 0.353 e. The highest BCUT2D eigenvalue weighted by atomic mass is 16.7. The van der Waals surface area contributed by atoms with Gasteiger partial charge in [0.1, 0.15) is 0 Å². The van der Waals surface area contributed by atoms with Crippen molar-refractivity contribution in [3.8, 4) is 0 Å². The van der Waals surface area contributed by atoms with Crippen LogP contribution in [0.5, 0.6) is 0 Å². The van der Waals surface area contributed by atoms with E-state index in [4.69, 9.17) is 9.47 Å². The van der Waals surface area contributed by atoms with E-state index in [1.54, 1.807) is 0 Å². The van der Waals surface area contributed by atoms with Gasteiger partial charge in [-0.2, -0.15) is 0 Å². The van der Waals surface area contributed by atoms with Crippen molar-refractivity contribution in [2.45, 2.75) is 52.7 Å². The summed E-state index contributed by atoms with van der Waals surface area (Å²) in [5.41, 5.74) is 0. The van der Waals surface area contributed by atoms with Gasteiger partial charge in [-0.05, 0) is 26.2 Å². The van der Waals surface area contributed by atoms with Gasteiger partial charge in [0.05, 0.1) is 0 Å². The van der Waals surface area contributed by atoms with Gasteiger partial charge < -0.3 is 9.47 Å². The summed E-state index contributed by atoms with van der Waals surface area (Å²) in [5.74, 6) is 0. The molecule has 0 aromatic carbocycles. The first-order chi connectivity index (χ1) is 5.85. The summed E-state index contributed by atoms with van der Waals surface area (Å²) >= 11 is 0. The van der Waals surface area contributed by atoms with Crippen LogP contribution in [0.4, 0.5) is 0 Å². The Morgan fingerprint density at radius 3 is 2.33 bits per heavy atom. The van der Waals surface area contributed by atoms with Crippen LogP contribution in [0.15, 0.2) is 0 Å². The van der Waals surface area contributed by atoms with Crippen LogP contribution < -0.4 is 0 Å². The zero-order chi connectivity index (χ0) is 9.23. The van der Waals surface area contributed by atoms with Gasteiger partial charge in [-0.1, -0.05) is 20.3 Å². The van der Waals surface area contributed by atoms with Crippen molar-refractivity contribution in [1.29, 1.82) is 0 Å². The van der Waals surface area contributed by atoms with Crippen molar-refractivity contribution in [2.75, 3.05) is 13.2 Å². The summed E-state index contributed by atoms with van der Waals surface area (Å²) in [7, 11) is 0. The monoisotopic (exact) mass is 174 g/mol. The van der Waals surface area contributed by atoms with Gasteiger partial charge in [-0.15, -0.1) is 0 Å². The molecular formula is C10H22O2. The fraction of sp³-hybridized carbons (Fsp3) is 1.00. The fourth-order valence-corrected chi connectivity index (χ4v) is 1.03. The minimum atomic E-state index is 0.101. The van der Waals surface area contributed by atoms with Gasteiger partial charge in [0.2, 0.25) is 0 Å². The Kier molecular flexibility index (Phi) is 8.95. The van der Waals surface area contributed by atoms with Gasteiger partial charge in [-0.25, -0.2) is 0 Å². The fourth-order valence-electron chi connectivity index (χ4n) is 1.03. The first kappa shape index (κ1) is 11.9. The van der Waals surface area contributed by atoms with E-state index in [-0.39, 0.29) is 6.29 Å². The van der Waals surface area contributed by atoms with E-state index in [0.29, 0.717) is 0 Å². The van der Waals surface area contributed by atoms with E-state index >= 15 is 0 Å². The van der Waals surface area contributed by atoms with Crippen LogP contribution >= 0.6 is 0 Å². The highest BCUT2D eigenvalue weighted by Gasteiger charge is 2.11. The van der Waals surface area contributed by atoms with E-state index in [1.807, 2.05) is 6.92 Å². The molecule has 1 aliphatic rings. The molecule has 12 heavy (non-hydrogen) atoms. The lowest BCUT2D eigenvalue weighted by molar-refractivity contribution is -0.159. The van der Waals surface area contributed by atoms with Crippen LogP contribution in [0.1, 0.15) is 46.5 Å². The molecule has 0 bridgehead atoms. The average Bonchev–Trinajstić information content (AvgIpc) is 2.08. The van der Waals surface area contributed by atoms with E-state index in [0.717, 1.165) is 19.6 Å². The standard InChI is InChI=1S/C7H14O2.C3H8/c1-2-8-7-5-3-4-6-9-7;1-3-2/h7H,2-6H2,1H3;3H2,1-2H3. The van der Waals surface area contributed by atoms with Crippen LogP contribution in [-0.4, -0.2) is 19.5 Å². The maximum atomic E-state index is 5.30. The van der Waals surface area contributed by atoms with E-state index in [9.17, 15) is 0 Å². The van der Waals surface area contributed by atoms with Crippen molar-refractivity contribution < 1.29 is 9.47 Å². The molecular weight excluding hydrogens is 152 g/mol. The summed E-state index contributed by atoms with van der Waals surface area (Å²) in [4.78, 5) is 0. The second-order valence-electron chi connectivity index (χ2n) is 2.96. The second kappa shape index (κ2) is 9.01. The number of ether oxygens (including phenoxy) is 2. The molecule has 0 radical (unpaired) electrons. The minimum absolute atomic E-state index is 0.101. The molecule has 0 amide bonds. The van der Waals surface area contributed by atoms with Crippen LogP contribution in [0, 0.1) is 0 Å². The third-order valence-corrected chi connectivity index (χ3v) is 1.49. The Labute approximate surface area is 76.3 Å². The summed E-state index contributed by atoms with van der Waals surface area (Å²) in [6.07, 6.45) is 4.88. The van der Waals surface area contributed by atoms with Crippen LogP contribution in [0.3, 0.4) is 0 Å². The molecule has 1 saturated heterocycles. The molecule has 1 fully saturated rings. The van der Waals surface area contributed by atoms with Gasteiger partial charge in [0.15, 0.2) is 6.29 Å². The maximum Gasteiger partial charge on any atom is 0.157 e. The van der Waals surface area contributed by atoms with Crippen molar-refractivity contribution in [2.24, 2.45) is 0 Å². The molecule has 1 aliphatic heterocycles. The molecule has 1 unspecified atom stereocenters. The Hall–Kier alpha value is -0.0800. The molecule has 74 valence electrons. The van der Waals surface area contributed by atoms with Crippen LogP contribution in [0.2, 0.25) is 0 Å². The molecule has 0 aromatic rings. The molecule has 0 aromatic heterocycles. The van der Waals surface area contributed by atoms with Crippen LogP contribution in [-0.2, 0) is 9.47 Å². The predicted molar refractivity (Wildman–Crippen MR) is 51.2 cm³/mol.